The number of nitrogens with zero attached hydrogens (tertiary/aromatic N) is 2. The predicted molar refractivity (Wildman–Crippen MR) is 146 cm³/mol. The summed E-state index contributed by atoms with van der Waals surface area (Å²) in [7, 11) is 1.18. The Labute approximate surface area is 234 Å². The fourth-order valence-corrected chi connectivity index (χ4v) is 4.00. The van der Waals surface area contributed by atoms with Crippen LogP contribution in [0.15, 0.2) is 42.5 Å². The lowest BCUT2D eigenvalue weighted by atomic mass is 9.95. The number of aromatic hydroxyl groups is 1. The lowest BCUT2D eigenvalue weighted by molar-refractivity contribution is -0.144. The molecule has 0 aliphatic carbocycles. The van der Waals surface area contributed by atoms with Crippen LogP contribution in [0.3, 0.4) is 0 Å². The largest absolute Gasteiger partial charge is 0.508 e. The number of esters is 1. The lowest BCUT2D eigenvalue weighted by Gasteiger charge is -2.33. The molecule has 0 bridgehead atoms. The van der Waals surface area contributed by atoms with Gasteiger partial charge in [-0.05, 0) is 63.4 Å². The van der Waals surface area contributed by atoms with E-state index in [1.54, 1.807) is 52.0 Å². The van der Waals surface area contributed by atoms with E-state index in [-0.39, 0.29) is 12.2 Å². The van der Waals surface area contributed by atoms with Gasteiger partial charge < -0.3 is 30.1 Å². The Hall–Kier alpha value is -4.59. The lowest BCUT2D eigenvalue weighted by Crippen LogP contribution is -2.54. The SMILES string of the molecule is COC(=O)CNC(=O)C(c1ccc(C)cc1C)N(CC#N)C(=O)C(Cc1ccc(O)cc1)NC(=O)OC(C)(C)C. The van der Waals surface area contributed by atoms with Gasteiger partial charge in [0.25, 0.3) is 0 Å². The topological polar surface area (TPSA) is 158 Å². The number of nitrogens with one attached hydrogen (secondary N) is 2. The van der Waals surface area contributed by atoms with Crippen molar-refractivity contribution in [2.24, 2.45) is 0 Å². The van der Waals surface area contributed by atoms with Crippen molar-refractivity contribution in [1.29, 1.82) is 5.26 Å². The number of hydrogen-bond acceptors (Lipinski definition) is 8. The monoisotopic (exact) mass is 552 g/mol. The first-order valence-corrected chi connectivity index (χ1v) is 12.6. The molecule has 2 unspecified atom stereocenters. The molecule has 40 heavy (non-hydrogen) atoms. The number of alkyl carbamates (subject to hydrolysis) is 1. The van der Waals surface area contributed by atoms with Crippen molar-refractivity contribution in [2.45, 2.75) is 58.7 Å². The third-order valence-electron chi connectivity index (χ3n) is 5.80. The Balaban J connectivity index is 2.57. The summed E-state index contributed by atoms with van der Waals surface area (Å²) >= 11 is 0. The molecule has 2 aromatic carbocycles. The standard InChI is InChI=1S/C29H36N4O7/c1-18-7-12-22(19(2)15-18)25(26(36)31-17-24(35)39-6)33(14-13-30)27(37)23(32-28(38)40-29(3,4)5)16-20-8-10-21(34)11-9-20/h7-12,15,23,25,34H,14,16-17H2,1-6H3,(H,31,36)(H,32,38). The highest BCUT2D eigenvalue weighted by Gasteiger charge is 2.37. The number of aryl methyl sites for hydroxylation is 2. The fraction of sp³-hybridized carbons (Fsp3) is 0.414. The number of methoxy groups -OCH3 is 1. The van der Waals surface area contributed by atoms with Gasteiger partial charge in [0, 0.05) is 6.42 Å². The molecular weight excluding hydrogens is 516 g/mol. The van der Waals surface area contributed by atoms with E-state index in [2.05, 4.69) is 15.4 Å². The molecule has 0 fully saturated rings. The van der Waals surface area contributed by atoms with Crippen molar-refractivity contribution in [3.63, 3.8) is 0 Å². The highest BCUT2D eigenvalue weighted by atomic mass is 16.6. The highest BCUT2D eigenvalue weighted by molar-refractivity contribution is 5.93. The van der Waals surface area contributed by atoms with E-state index in [1.807, 2.05) is 19.1 Å². The van der Waals surface area contributed by atoms with Gasteiger partial charge >= 0.3 is 12.1 Å². The molecule has 0 aliphatic rings. The fourth-order valence-electron chi connectivity index (χ4n) is 4.00. The normalized spacial score (nSPS) is 12.3. The van der Waals surface area contributed by atoms with Crippen molar-refractivity contribution in [3.05, 3.63) is 64.7 Å². The molecule has 3 amide bonds. The van der Waals surface area contributed by atoms with Crippen LogP contribution in [-0.4, -0.2) is 65.7 Å². The van der Waals surface area contributed by atoms with E-state index in [1.165, 1.54) is 19.2 Å². The summed E-state index contributed by atoms with van der Waals surface area (Å²) in [6, 6.07) is 10.7. The van der Waals surface area contributed by atoms with Crippen LogP contribution in [0.5, 0.6) is 5.75 Å². The molecule has 0 radical (unpaired) electrons. The first-order chi connectivity index (χ1) is 18.7. The number of benzene rings is 2. The maximum absolute atomic E-state index is 14.1. The molecule has 0 spiro atoms. The number of rotatable bonds is 10. The molecule has 2 aromatic rings. The van der Waals surface area contributed by atoms with Crippen LogP contribution < -0.4 is 10.6 Å². The van der Waals surface area contributed by atoms with Crippen molar-refractivity contribution in [3.8, 4) is 11.8 Å². The van der Waals surface area contributed by atoms with Gasteiger partial charge in [0.1, 0.15) is 36.5 Å². The average Bonchev–Trinajstić information content (AvgIpc) is 2.87. The Morgan fingerprint density at radius 3 is 2.27 bits per heavy atom. The van der Waals surface area contributed by atoms with Gasteiger partial charge in [-0.3, -0.25) is 14.4 Å². The first kappa shape index (κ1) is 31.6. The molecule has 0 aliphatic heterocycles. The van der Waals surface area contributed by atoms with E-state index < -0.39 is 54.7 Å². The summed E-state index contributed by atoms with van der Waals surface area (Å²) in [5.41, 5.74) is 1.80. The van der Waals surface area contributed by atoms with Crippen LogP contribution in [0.1, 0.15) is 49.1 Å². The first-order valence-electron chi connectivity index (χ1n) is 12.6. The summed E-state index contributed by atoms with van der Waals surface area (Å²) in [5.74, 6) is -2.10. The third-order valence-corrected chi connectivity index (χ3v) is 5.80. The van der Waals surface area contributed by atoms with Gasteiger partial charge in [0.05, 0.1) is 13.2 Å². The number of carbonyl (C=O) groups is 4. The maximum atomic E-state index is 14.1. The third kappa shape index (κ3) is 9.31. The molecule has 11 nitrogen and oxygen atoms in total. The Bertz CT molecular complexity index is 1260. The van der Waals surface area contributed by atoms with E-state index in [4.69, 9.17) is 4.74 Å². The molecule has 2 rings (SSSR count). The van der Waals surface area contributed by atoms with Gasteiger partial charge in [0.15, 0.2) is 0 Å². The van der Waals surface area contributed by atoms with Crippen LogP contribution in [0.25, 0.3) is 0 Å². The minimum absolute atomic E-state index is 0.0232. The summed E-state index contributed by atoms with van der Waals surface area (Å²) < 4.78 is 9.97. The van der Waals surface area contributed by atoms with Crippen LogP contribution >= 0.6 is 0 Å². The number of nitriles is 1. The second kappa shape index (κ2) is 14.0. The maximum Gasteiger partial charge on any atom is 0.408 e. The molecule has 2 atom stereocenters. The second-order valence-corrected chi connectivity index (χ2v) is 10.3. The number of carbonyl (C=O) groups excluding carboxylic acids is 4. The molecule has 0 saturated heterocycles. The highest BCUT2D eigenvalue weighted by Crippen LogP contribution is 2.27. The zero-order valence-electron chi connectivity index (χ0n) is 23.6. The zero-order chi connectivity index (χ0) is 30.0. The van der Waals surface area contributed by atoms with Crippen molar-refractivity contribution in [1.82, 2.24) is 15.5 Å². The molecule has 0 heterocycles. The van der Waals surface area contributed by atoms with Crippen LogP contribution in [0.2, 0.25) is 0 Å². The van der Waals surface area contributed by atoms with Crippen LogP contribution in [0.4, 0.5) is 4.79 Å². The van der Waals surface area contributed by atoms with Gasteiger partial charge in [0.2, 0.25) is 11.8 Å². The summed E-state index contributed by atoms with van der Waals surface area (Å²) in [5, 5.41) is 24.4. The molecule has 3 N–H and O–H groups in total. The van der Waals surface area contributed by atoms with E-state index >= 15 is 0 Å². The van der Waals surface area contributed by atoms with Crippen molar-refractivity contribution < 1.29 is 33.8 Å². The van der Waals surface area contributed by atoms with Gasteiger partial charge in [-0.25, -0.2) is 4.79 Å². The number of ether oxygens (including phenoxy) is 2. The minimum Gasteiger partial charge on any atom is -0.508 e. The smallest absolute Gasteiger partial charge is 0.408 e. The second-order valence-electron chi connectivity index (χ2n) is 10.3. The Kier molecular flexibility index (Phi) is 11.1. The molecule has 0 aromatic heterocycles. The minimum atomic E-state index is -1.31. The van der Waals surface area contributed by atoms with Crippen LogP contribution in [0, 0.1) is 25.2 Å². The summed E-state index contributed by atoms with van der Waals surface area (Å²) in [6.07, 6.45) is -0.885. The number of hydrogen-bond donors (Lipinski definition) is 3. The van der Waals surface area contributed by atoms with Gasteiger partial charge in [-0.15, -0.1) is 0 Å². The molecular formula is C29H36N4O7. The average molecular weight is 553 g/mol. The van der Waals surface area contributed by atoms with Gasteiger partial charge in [-0.1, -0.05) is 35.9 Å². The molecule has 11 heteroatoms. The van der Waals surface area contributed by atoms with Crippen molar-refractivity contribution in [2.75, 3.05) is 20.2 Å². The van der Waals surface area contributed by atoms with E-state index in [0.29, 0.717) is 16.7 Å². The summed E-state index contributed by atoms with van der Waals surface area (Å²) in [4.78, 5) is 53.1. The summed E-state index contributed by atoms with van der Waals surface area (Å²) in [6.45, 7) is 7.72. The molecule has 214 valence electrons. The van der Waals surface area contributed by atoms with Crippen LogP contribution in [-0.2, 0) is 30.3 Å². The van der Waals surface area contributed by atoms with E-state index in [9.17, 15) is 29.5 Å². The van der Waals surface area contributed by atoms with Crippen molar-refractivity contribution >= 4 is 23.9 Å². The quantitative estimate of drug-likeness (QED) is 0.300. The molecule has 0 saturated carbocycles. The number of phenolic OH excluding ortho intramolecular Hbond substituents is 1. The van der Waals surface area contributed by atoms with Gasteiger partial charge in [-0.2, -0.15) is 5.26 Å². The predicted octanol–water partition coefficient (Wildman–Crippen LogP) is 2.83. The Morgan fingerprint density at radius 1 is 1.07 bits per heavy atom. The number of phenols is 1. The Morgan fingerprint density at radius 2 is 1.73 bits per heavy atom. The zero-order valence-corrected chi connectivity index (χ0v) is 23.6. The van der Waals surface area contributed by atoms with E-state index in [0.717, 1.165) is 10.5 Å². The number of amides is 3.